The molecule has 3 fully saturated rings. The molecule has 0 bridgehead atoms. The van der Waals surface area contributed by atoms with Gasteiger partial charge in [-0.1, -0.05) is 43.2 Å². The molecule has 45 heavy (non-hydrogen) atoms. The zero-order valence-corrected chi connectivity index (χ0v) is 26.6. The van der Waals surface area contributed by atoms with Crippen LogP contribution in [-0.2, 0) is 14.6 Å². The largest absolute Gasteiger partial charge is 0.454 e. The van der Waals surface area contributed by atoms with Crippen LogP contribution in [0.2, 0.25) is 0 Å². The molecule has 0 aromatic heterocycles. The summed E-state index contributed by atoms with van der Waals surface area (Å²) in [7, 11) is -3.32. The number of aliphatic hydroxyl groups is 1. The van der Waals surface area contributed by atoms with E-state index in [0.29, 0.717) is 29.2 Å². The highest BCUT2D eigenvalue weighted by molar-refractivity contribution is 7.92. The predicted octanol–water partition coefficient (Wildman–Crippen LogP) is 6.81. The van der Waals surface area contributed by atoms with E-state index in [-0.39, 0.29) is 29.7 Å². The average Bonchev–Trinajstić information content (AvgIpc) is 3.80. The Hall–Kier alpha value is -3.34. The first-order valence-corrected chi connectivity index (χ1v) is 18.2. The van der Waals surface area contributed by atoms with Crippen molar-refractivity contribution in [3.63, 3.8) is 0 Å². The molecular formula is C38H40O6S. The van der Waals surface area contributed by atoms with Gasteiger partial charge in [0.25, 0.3) is 0 Å². The van der Waals surface area contributed by atoms with E-state index in [1.807, 2.05) is 12.1 Å². The van der Waals surface area contributed by atoms with Gasteiger partial charge in [0.2, 0.25) is 6.79 Å². The number of allylic oxidation sites excluding steroid dienone is 4. The molecule has 6 aliphatic rings. The highest BCUT2D eigenvalue weighted by Gasteiger charge is 2.62. The number of ether oxygens (including phenoxy) is 2. The van der Waals surface area contributed by atoms with Crippen molar-refractivity contribution in [1.29, 1.82) is 0 Å². The maximum atomic E-state index is 13.1. The quantitative estimate of drug-likeness (QED) is 0.378. The molecule has 7 heteroatoms. The third kappa shape index (κ3) is 4.62. The van der Waals surface area contributed by atoms with E-state index in [1.54, 1.807) is 24.3 Å². The maximum Gasteiger partial charge on any atom is 0.231 e. The molecule has 6 nitrogen and oxygen atoms in total. The molecule has 5 atom stereocenters. The fourth-order valence-corrected chi connectivity index (χ4v) is 11.4. The Bertz CT molecular complexity index is 1800. The standard InChI is InChI=1S/C38H40O6S/c1-37-22-32(26-9-15-34-35(21-26)44-23-43-34)36-30-14-10-27(39)20-25(30)8-13-31(36)33(37)17-19-38(37,40)18-16-24-6-11-29(12-7-24)45(41,42)28-4-2-3-5-28/h6-7,9,11-12,15,20-21,28,31-33,40H,2-5,8,10,13-14,17,19,22-23H2,1H3/t31-,32+,33-,37-,38-/m0/s1. The van der Waals surface area contributed by atoms with Gasteiger partial charge in [0, 0.05) is 23.3 Å². The summed E-state index contributed by atoms with van der Waals surface area (Å²) in [5.41, 5.74) is 4.26. The van der Waals surface area contributed by atoms with Gasteiger partial charge in [-0.25, -0.2) is 8.42 Å². The second-order valence-corrected chi connectivity index (χ2v) is 16.5. The zero-order valence-electron chi connectivity index (χ0n) is 25.8. The number of ketones is 1. The predicted molar refractivity (Wildman–Crippen MR) is 171 cm³/mol. The molecule has 3 saturated carbocycles. The van der Waals surface area contributed by atoms with Crippen LogP contribution in [0.5, 0.6) is 11.5 Å². The van der Waals surface area contributed by atoms with E-state index in [1.165, 1.54) is 16.7 Å². The third-order valence-electron chi connectivity index (χ3n) is 12.0. The molecule has 234 valence electrons. The summed E-state index contributed by atoms with van der Waals surface area (Å²) in [5.74, 6) is 9.00. The number of sulfone groups is 1. The van der Waals surface area contributed by atoms with E-state index in [4.69, 9.17) is 9.47 Å². The van der Waals surface area contributed by atoms with Crippen molar-refractivity contribution in [2.75, 3.05) is 6.79 Å². The van der Waals surface area contributed by atoms with Gasteiger partial charge in [-0.3, -0.25) is 4.79 Å². The minimum absolute atomic E-state index is 0.0733. The van der Waals surface area contributed by atoms with Crippen molar-refractivity contribution in [3.05, 3.63) is 76.4 Å². The lowest BCUT2D eigenvalue weighted by Gasteiger charge is -2.53. The third-order valence-corrected chi connectivity index (χ3v) is 14.3. The van der Waals surface area contributed by atoms with Crippen molar-refractivity contribution >= 4 is 15.6 Å². The SMILES string of the molecule is C[C@]12C[C@H](c3ccc4c(c3)OCO4)C3=C4CCC(=O)C=C4CC[C@H]3[C@@H]1CC[C@@]2(O)C#Cc1ccc(S(=O)(=O)C2CCCC2)cc1. The van der Waals surface area contributed by atoms with Gasteiger partial charge in [0.05, 0.1) is 10.1 Å². The Kier molecular flexibility index (Phi) is 6.85. The van der Waals surface area contributed by atoms with Crippen LogP contribution < -0.4 is 9.47 Å². The minimum Gasteiger partial charge on any atom is -0.454 e. The number of benzene rings is 2. The summed E-state index contributed by atoms with van der Waals surface area (Å²) in [4.78, 5) is 12.7. The number of fused-ring (bicyclic) bond motifs is 5. The Morgan fingerprint density at radius 3 is 2.51 bits per heavy atom. The normalized spacial score (nSPS) is 32.4. The lowest BCUT2D eigenvalue weighted by atomic mass is 9.51. The van der Waals surface area contributed by atoms with Crippen molar-refractivity contribution in [2.45, 2.75) is 99.2 Å². The fourth-order valence-electron chi connectivity index (χ4n) is 9.59. The van der Waals surface area contributed by atoms with E-state index in [0.717, 1.165) is 74.8 Å². The Balaban J connectivity index is 1.15. The zero-order chi connectivity index (χ0) is 31.0. The number of carbonyl (C=O) groups is 1. The number of hydrogen-bond donors (Lipinski definition) is 1. The molecule has 2 aromatic carbocycles. The van der Waals surface area contributed by atoms with Gasteiger partial charge in [0.15, 0.2) is 27.1 Å². The lowest BCUT2D eigenvalue weighted by Crippen LogP contribution is -2.51. The summed E-state index contributed by atoms with van der Waals surface area (Å²) in [6, 6.07) is 13.2. The number of carbonyl (C=O) groups excluding carboxylic acids is 1. The van der Waals surface area contributed by atoms with Gasteiger partial charge in [0.1, 0.15) is 5.60 Å². The maximum absolute atomic E-state index is 13.1. The van der Waals surface area contributed by atoms with Gasteiger partial charge in [-0.2, -0.15) is 0 Å². The van der Waals surface area contributed by atoms with Crippen molar-refractivity contribution < 1.29 is 27.8 Å². The first kappa shape index (κ1) is 29.1. The van der Waals surface area contributed by atoms with Gasteiger partial charge < -0.3 is 14.6 Å². The van der Waals surface area contributed by atoms with Crippen LogP contribution in [0.15, 0.2) is 70.2 Å². The van der Waals surface area contributed by atoms with Crippen LogP contribution in [-0.4, -0.2) is 37.0 Å². The molecule has 2 aromatic rings. The first-order chi connectivity index (χ1) is 21.7. The Labute approximate surface area is 265 Å². The second-order valence-electron chi connectivity index (χ2n) is 14.2. The van der Waals surface area contributed by atoms with E-state index in [9.17, 15) is 18.3 Å². The van der Waals surface area contributed by atoms with Gasteiger partial charge in [-0.05, 0) is 122 Å². The lowest BCUT2D eigenvalue weighted by molar-refractivity contribution is -0.114. The summed E-state index contributed by atoms with van der Waals surface area (Å²) in [5, 5.41) is 12.1. The number of hydrogen-bond acceptors (Lipinski definition) is 6. The highest BCUT2D eigenvalue weighted by atomic mass is 32.2. The summed E-state index contributed by atoms with van der Waals surface area (Å²) < 4.78 is 37.6. The minimum atomic E-state index is -3.32. The van der Waals surface area contributed by atoms with Crippen molar-refractivity contribution in [1.82, 2.24) is 0 Å². The van der Waals surface area contributed by atoms with Crippen molar-refractivity contribution in [3.8, 4) is 23.3 Å². The molecule has 8 rings (SSSR count). The highest BCUT2D eigenvalue weighted by Crippen LogP contribution is 2.66. The van der Waals surface area contributed by atoms with Crippen LogP contribution in [0.4, 0.5) is 0 Å². The van der Waals surface area contributed by atoms with Gasteiger partial charge >= 0.3 is 0 Å². The monoisotopic (exact) mass is 624 g/mol. The topological polar surface area (TPSA) is 89.9 Å². The smallest absolute Gasteiger partial charge is 0.231 e. The van der Waals surface area contributed by atoms with Crippen LogP contribution in [0.25, 0.3) is 0 Å². The summed E-state index contributed by atoms with van der Waals surface area (Å²) >= 11 is 0. The van der Waals surface area contributed by atoms with E-state index < -0.39 is 20.9 Å². The molecule has 0 saturated heterocycles. The molecule has 1 heterocycles. The van der Waals surface area contributed by atoms with Crippen LogP contribution in [0, 0.1) is 29.1 Å². The van der Waals surface area contributed by atoms with Crippen LogP contribution >= 0.6 is 0 Å². The molecule has 1 N–H and O–H groups in total. The molecule has 1 aliphatic heterocycles. The molecular weight excluding hydrogens is 584 g/mol. The van der Waals surface area contributed by atoms with Crippen molar-refractivity contribution in [2.24, 2.45) is 17.3 Å². The molecule has 5 aliphatic carbocycles. The molecule has 0 spiro atoms. The fraction of sp³-hybridized carbons (Fsp3) is 0.500. The van der Waals surface area contributed by atoms with Crippen LogP contribution in [0.1, 0.15) is 94.6 Å². The molecule has 0 unspecified atom stereocenters. The summed E-state index contributed by atoms with van der Waals surface area (Å²) in [6.45, 7) is 2.45. The van der Waals surface area contributed by atoms with E-state index >= 15 is 0 Å². The molecule has 0 amide bonds. The first-order valence-electron chi connectivity index (χ1n) is 16.6. The Morgan fingerprint density at radius 1 is 0.933 bits per heavy atom. The second kappa shape index (κ2) is 10.6. The average molecular weight is 625 g/mol. The Morgan fingerprint density at radius 2 is 1.71 bits per heavy atom. The number of rotatable bonds is 3. The summed E-state index contributed by atoms with van der Waals surface area (Å²) in [6.07, 6.45) is 10.8. The van der Waals surface area contributed by atoms with E-state index in [2.05, 4.69) is 30.9 Å². The molecule has 0 radical (unpaired) electrons. The van der Waals surface area contributed by atoms with Gasteiger partial charge in [-0.15, -0.1) is 0 Å². The van der Waals surface area contributed by atoms with Crippen LogP contribution in [0.3, 0.4) is 0 Å².